The standard InChI is InChI=1S/C20H24N4O2S/c1-16-12-13-24(22-16)20-7-5-4-6-18(20)14-21-27(25,26)19-10-8-17(9-11-19)15-23(2)3/h4-13,21H,14-15H2,1-3H3. The van der Waals surface area contributed by atoms with Crippen molar-refractivity contribution in [2.45, 2.75) is 24.9 Å². The van der Waals surface area contributed by atoms with Gasteiger partial charge in [0.2, 0.25) is 10.0 Å². The van der Waals surface area contributed by atoms with E-state index >= 15 is 0 Å². The molecule has 0 aliphatic heterocycles. The van der Waals surface area contributed by atoms with Crippen LogP contribution in [0.25, 0.3) is 5.69 Å². The van der Waals surface area contributed by atoms with Crippen LogP contribution in [0.5, 0.6) is 0 Å². The van der Waals surface area contributed by atoms with Gasteiger partial charge in [0.1, 0.15) is 0 Å². The van der Waals surface area contributed by atoms with Gasteiger partial charge in [0.15, 0.2) is 0 Å². The highest BCUT2D eigenvalue weighted by molar-refractivity contribution is 7.89. The van der Waals surface area contributed by atoms with Gasteiger partial charge in [-0.15, -0.1) is 0 Å². The van der Waals surface area contributed by atoms with Crippen LogP contribution in [0.4, 0.5) is 0 Å². The zero-order valence-corrected chi connectivity index (χ0v) is 16.6. The first-order chi connectivity index (χ1) is 12.8. The fourth-order valence-electron chi connectivity index (χ4n) is 2.83. The molecular weight excluding hydrogens is 360 g/mol. The molecule has 142 valence electrons. The van der Waals surface area contributed by atoms with Gasteiger partial charge in [-0.3, -0.25) is 0 Å². The molecule has 0 fully saturated rings. The van der Waals surface area contributed by atoms with Crippen LogP contribution in [-0.2, 0) is 23.1 Å². The van der Waals surface area contributed by atoms with E-state index in [2.05, 4.69) is 9.82 Å². The highest BCUT2D eigenvalue weighted by atomic mass is 32.2. The fraction of sp³-hybridized carbons (Fsp3) is 0.250. The van der Waals surface area contributed by atoms with Crippen molar-refractivity contribution >= 4 is 10.0 Å². The van der Waals surface area contributed by atoms with Crippen LogP contribution in [0.3, 0.4) is 0 Å². The summed E-state index contributed by atoms with van der Waals surface area (Å²) in [5, 5.41) is 4.41. The lowest BCUT2D eigenvalue weighted by atomic mass is 10.2. The molecule has 2 aromatic carbocycles. The Morgan fingerprint density at radius 2 is 1.74 bits per heavy atom. The third kappa shape index (κ3) is 4.82. The van der Waals surface area contributed by atoms with E-state index in [9.17, 15) is 8.42 Å². The number of hydrogen-bond donors (Lipinski definition) is 1. The summed E-state index contributed by atoms with van der Waals surface area (Å²) in [6, 6.07) is 16.5. The summed E-state index contributed by atoms with van der Waals surface area (Å²) in [4.78, 5) is 2.30. The Hall–Kier alpha value is -2.48. The number of sulfonamides is 1. The summed E-state index contributed by atoms with van der Waals surface area (Å²) in [6.07, 6.45) is 1.87. The molecule has 0 spiro atoms. The van der Waals surface area contributed by atoms with E-state index in [1.54, 1.807) is 16.8 Å². The molecule has 27 heavy (non-hydrogen) atoms. The molecule has 3 aromatic rings. The summed E-state index contributed by atoms with van der Waals surface area (Å²) in [7, 11) is 0.363. The molecule has 0 amide bonds. The summed E-state index contributed by atoms with van der Waals surface area (Å²) < 4.78 is 29.7. The second kappa shape index (κ2) is 8.04. The van der Waals surface area contributed by atoms with Crippen molar-refractivity contribution in [2.24, 2.45) is 0 Å². The largest absolute Gasteiger partial charge is 0.305 e. The molecule has 0 saturated carbocycles. The normalized spacial score (nSPS) is 11.9. The van der Waals surface area contributed by atoms with E-state index in [0.717, 1.165) is 29.1 Å². The molecule has 0 unspecified atom stereocenters. The molecule has 3 rings (SSSR count). The lowest BCUT2D eigenvalue weighted by Gasteiger charge is -2.12. The minimum Gasteiger partial charge on any atom is -0.305 e. The minimum absolute atomic E-state index is 0.191. The second-order valence-corrected chi connectivity index (χ2v) is 8.50. The average molecular weight is 385 g/mol. The van der Waals surface area contributed by atoms with Crippen molar-refractivity contribution in [2.75, 3.05) is 14.1 Å². The molecule has 0 aliphatic rings. The number of hydrogen-bond acceptors (Lipinski definition) is 4. The number of para-hydroxylation sites is 1. The monoisotopic (exact) mass is 384 g/mol. The minimum atomic E-state index is -3.59. The molecule has 0 atom stereocenters. The lowest BCUT2D eigenvalue weighted by molar-refractivity contribution is 0.402. The topological polar surface area (TPSA) is 67.2 Å². The number of benzene rings is 2. The third-order valence-electron chi connectivity index (χ3n) is 4.15. The van der Waals surface area contributed by atoms with Gasteiger partial charge in [-0.05, 0) is 56.4 Å². The Balaban J connectivity index is 1.76. The Morgan fingerprint density at radius 1 is 1.04 bits per heavy atom. The van der Waals surface area contributed by atoms with Crippen molar-refractivity contribution in [3.8, 4) is 5.69 Å². The molecule has 0 bridgehead atoms. The van der Waals surface area contributed by atoms with Gasteiger partial charge < -0.3 is 4.90 Å². The summed E-state index contributed by atoms with van der Waals surface area (Å²) in [5.41, 5.74) is 3.68. The number of nitrogens with zero attached hydrogens (tertiary/aromatic N) is 3. The average Bonchev–Trinajstić information content (AvgIpc) is 3.06. The van der Waals surface area contributed by atoms with Gasteiger partial charge in [-0.25, -0.2) is 17.8 Å². The molecular formula is C20H24N4O2S. The van der Waals surface area contributed by atoms with E-state index < -0.39 is 10.0 Å². The molecule has 1 aromatic heterocycles. The fourth-order valence-corrected chi connectivity index (χ4v) is 3.83. The maximum absolute atomic E-state index is 12.6. The highest BCUT2D eigenvalue weighted by Crippen LogP contribution is 2.16. The van der Waals surface area contributed by atoms with E-state index in [0.29, 0.717) is 0 Å². The maximum Gasteiger partial charge on any atom is 0.240 e. The van der Waals surface area contributed by atoms with Crippen molar-refractivity contribution in [1.82, 2.24) is 19.4 Å². The van der Waals surface area contributed by atoms with Crippen molar-refractivity contribution in [3.63, 3.8) is 0 Å². The molecule has 0 saturated heterocycles. The SMILES string of the molecule is Cc1ccn(-c2ccccc2CNS(=O)(=O)c2ccc(CN(C)C)cc2)n1. The molecule has 0 aliphatic carbocycles. The first-order valence-corrected chi connectivity index (χ1v) is 10.2. The summed E-state index contributed by atoms with van der Waals surface area (Å²) >= 11 is 0. The Labute approximate surface area is 160 Å². The van der Waals surface area contributed by atoms with Gasteiger partial charge in [-0.2, -0.15) is 5.10 Å². The first-order valence-electron chi connectivity index (χ1n) is 8.69. The number of rotatable bonds is 7. The predicted octanol–water partition coefficient (Wildman–Crippen LogP) is 2.72. The summed E-state index contributed by atoms with van der Waals surface area (Å²) in [6.45, 7) is 2.88. The van der Waals surface area contributed by atoms with Crippen molar-refractivity contribution in [3.05, 3.63) is 77.6 Å². The maximum atomic E-state index is 12.6. The third-order valence-corrected chi connectivity index (χ3v) is 5.56. The zero-order valence-electron chi connectivity index (χ0n) is 15.8. The van der Waals surface area contributed by atoms with Gasteiger partial charge in [-0.1, -0.05) is 30.3 Å². The van der Waals surface area contributed by atoms with Gasteiger partial charge in [0.25, 0.3) is 0 Å². The van der Waals surface area contributed by atoms with E-state index in [1.165, 1.54) is 0 Å². The van der Waals surface area contributed by atoms with Crippen LogP contribution in [0.2, 0.25) is 0 Å². The Morgan fingerprint density at radius 3 is 2.37 bits per heavy atom. The molecule has 0 radical (unpaired) electrons. The Kier molecular flexibility index (Phi) is 5.74. The van der Waals surface area contributed by atoms with Crippen LogP contribution < -0.4 is 4.72 Å². The van der Waals surface area contributed by atoms with Gasteiger partial charge in [0.05, 0.1) is 16.3 Å². The van der Waals surface area contributed by atoms with Crippen LogP contribution in [0.1, 0.15) is 16.8 Å². The van der Waals surface area contributed by atoms with Crippen LogP contribution in [0.15, 0.2) is 65.7 Å². The Bertz CT molecular complexity index is 1010. The lowest BCUT2D eigenvalue weighted by Crippen LogP contribution is -2.24. The van der Waals surface area contributed by atoms with E-state index in [1.807, 2.05) is 74.6 Å². The van der Waals surface area contributed by atoms with Gasteiger partial charge >= 0.3 is 0 Å². The number of aryl methyl sites for hydroxylation is 1. The second-order valence-electron chi connectivity index (χ2n) is 6.74. The van der Waals surface area contributed by atoms with Crippen molar-refractivity contribution in [1.29, 1.82) is 0 Å². The van der Waals surface area contributed by atoms with Crippen molar-refractivity contribution < 1.29 is 8.42 Å². The molecule has 6 nitrogen and oxygen atoms in total. The molecule has 1 N–H and O–H groups in total. The number of nitrogens with one attached hydrogen (secondary N) is 1. The number of aromatic nitrogens is 2. The van der Waals surface area contributed by atoms with Crippen LogP contribution in [-0.4, -0.2) is 37.2 Å². The molecule has 7 heteroatoms. The van der Waals surface area contributed by atoms with E-state index in [-0.39, 0.29) is 11.4 Å². The summed E-state index contributed by atoms with van der Waals surface area (Å²) in [5.74, 6) is 0. The highest BCUT2D eigenvalue weighted by Gasteiger charge is 2.15. The van der Waals surface area contributed by atoms with E-state index in [4.69, 9.17) is 0 Å². The first kappa shape index (κ1) is 19.3. The van der Waals surface area contributed by atoms with Gasteiger partial charge in [0, 0.05) is 19.3 Å². The quantitative estimate of drug-likeness (QED) is 0.680. The predicted molar refractivity (Wildman–Crippen MR) is 106 cm³/mol. The smallest absolute Gasteiger partial charge is 0.240 e. The van der Waals surface area contributed by atoms with Crippen LogP contribution >= 0.6 is 0 Å². The molecule has 1 heterocycles. The van der Waals surface area contributed by atoms with Crippen LogP contribution in [0, 0.1) is 6.92 Å². The zero-order chi connectivity index (χ0) is 19.4.